The number of carbonyl (C=O) groups excluding carboxylic acids is 1. The van der Waals surface area contributed by atoms with E-state index in [0.29, 0.717) is 0 Å². The molecule has 4 aromatic rings. The number of pyridine rings is 2. The van der Waals surface area contributed by atoms with Crippen LogP contribution in [0.25, 0.3) is 21.8 Å². The topological polar surface area (TPSA) is 42.9 Å². The van der Waals surface area contributed by atoms with Gasteiger partial charge in [-0.1, -0.05) is 38.1 Å². The van der Waals surface area contributed by atoms with Crippen LogP contribution in [0.3, 0.4) is 0 Å². The summed E-state index contributed by atoms with van der Waals surface area (Å²) in [4.78, 5) is 22.3. The summed E-state index contributed by atoms with van der Waals surface area (Å²) in [6.07, 6.45) is 0. The number of hydrogen-bond acceptors (Lipinski definition) is 3. The van der Waals surface area contributed by atoms with Crippen LogP contribution in [0.4, 0.5) is 0 Å². The fourth-order valence-corrected chi connectivity index (χ4v) is 3.73. The summed E-state index contributed by atoms with van der Waals surface area (Å²) in [5.74, 6) is -0.126. The predicted molar refractivity (Wildman–Crippen MR) is 115 cm³/mol. The Balaban J connectivity index is 1.62. The highest BCUT2D eigenvalue weighted by Gasteiger charge is 2.23. The summed E-state index contributed by atoms with van der Waals surface area (Å²) in [5, 5.41) is 2.14. The highest BCUT2D eigenvalue weighted by atomic mass is 16.1. The van der Waals surface area contributed by atoms with Gasteiger partial charge in [0.05, 0.1) is 11.0 Å². The maximum Gasteiger partial charge on any atom is 0.147 e. The molecular formula is C25H24N2O. The first-order valence-corrected chi connectivity index (χ1v) is 9.71. The first-order valence-electron chi connectivity index (χ1n) is 9.71. The Morgan fingerprint density at radius 1 is 0.679 bits per heavy atom. The molecule has 2 atom stereocenters. The molecule has 2 unspecified atom stereocenters. The lowest BCUT2D eigenvalue weighted by molar-refractivity contribution is -0.121. The molecule has 2 aromatic carbocycles. The van der Waals surface area contributed by atoms with E-state index in [1.807, 2.05) is 64.1 Å². The van der Waals surface area contributed by atoms with E-state index in [2.05, 4.69) is 34.2 Å². The third kappa shape index (κ3) is 3.40. The number of ketones is 1. The molecule has 0 spiro atoms. The molecule has 0 aliphatic rings. The third-order valence-electron chi connectivity index (χ3n) is 5.56. The van der Waals surface area contributed by atoms with E-state index in [9.17, 15) is 4.79 Å². The monoisotopic (exact) mass is 368 g/mol. The number of rotatable bonds is 4. The van der Waals surface area contributed by atoms with Gasteiger partial charge in [0.1, 0.15) is 5.78 Å². The second-order valence-corrected chi connectivity index (χ2v) is 7.66. The summed E-state index contributed by atoms with van der Waals surface area (Å²) in [5.41, 5.74) is 6.00. The molecule has 0 amide bonds. The summed E-state index contributed by atoms with van der Waals surface area (Å²) < 4.78 is 0. The quantitative estimate of drug-likeness (QED) is 0.452. The number of aromatic nitrogens is 2. The number of Topliss-reactive ketones (excluding diaryl/α,β-unsaturated/α-hetero) is 1. The maximum absolute atomic E-state index is 13.2. The molecule has 140 valence electrons. The molecule has 0 N–H and O–H groups in total. The van der Waals surface area contributed by atoms with E-state index in [0.717, 1.165) is 44.3 Å². The Hall–Kier alpha value is -3.07. The highest BCUT2D eigenvalue weighted by molar-refractivity contribution is 5.93. The largest absolute Gasteiger partial charge is 0.298 e. The first-order chi connectivity index (χ1) is 13.4. The van der Waals surface area contributed by atoms with Crippen molar-refractivity contribution in [3.05, 3.63) is 83.2 Å². The third-order valence-corrected chi connectivity index (χ3v) is 5.56. The van der Waals surface area contributed by atoms with Crippen molar-refractivity contribution >= 4 is 27.6 Å². The average molecular weight is 368 g/mol. The van der Waals surface area contributed by atoms with E-state index in [-0.39, 0.29) is 17.6 Å². The van der Waals surface area contributed by atoms with Crippen LogP contribution in [0.2, 0.25) is 0 Å². The summed E-state index contributed by atoms with van der Waals surface area (Å²) >= 11 is 0. The lowest BCUT2D eigenvalue weighted by Crippen LogP contribution is -2.16. The molecule has 4 rings (SSSR count). The molecular weight excluding hydrogens is 344 g/mol. The average Bonchev–Trinajstić information content (AvgIpc) is 2.71. The molecule has 0 radical (unpaired) electrons. The van der Waals surface area contributed by atoms with Gasteiger partial charge >= 0.3 is 0 Å². The summed E-state index contributed by atoms with van der Waals surface area (Å²) in [6, 6.07) is 20.4. The van der Waals surface area contributed by atoms with Gasteiger partial charge in [-0.25, -0.2) is 0 Å². The van der Waals surface area contributed by atoms with Crippen molar-refractivity contribution in [1.82, 2.24) is 9.97 Å². The van der Waals surface area contributed by atoms with Crippen LogP contribution in [-0.2, 0) is 4.79 Å². The highest BCUT2D eigenvalue weighted by Crippen LogP contribution is 2.29. The summed E-state index contributed by atoms with van der Waals surface area (Å²) in [6.45, 7) is 7.96. The van der Waals surface area contributed by atoms with Gasteiger partial charge in [0.15, 0.2) is 0 Å². The molecule has 0 fully saturated rings. The van der Waals surface area contributed by atoms with Gasteiger partial charge in [-0.05, 0) is 61.4 Å². The molecule has 3 heteroatoms. The minimum atomic E-state index is -0.174. The minimum absolute atomic E-state index is 0.174. The number of carbonyl (C=O) groups is 1. The van der Waals surface area contributed by atoms with Crippen molar-refractivity contribution in [1.29, 1.82) is 0 Å². The Labute approximate surface area is 165 Å². The standard InChI is InChI=1S/C25H24N2O/c1-15-5-7-21-13-19(9-11-23(21)26-15)17(3)25(28)18(4)20-10-12-24-22(14-20)8-6-16(2)27-24/h5-14,17-18H,1-4H3. The lowest BCUT2D eigenvalue weighted by atomic mass is 9.85. The molecule has 0 aliphatic heterocycles. The zero-order valence-electron chi connectivity index (χ0n) is 16.7. The van der Waals surface area contributed by atoms with Gasteiger partial charge in [-0.2, -0.15) is 0 Å². The SMILES string of the molecule is Cc1ccc2cc(C(C)C(=O)C(C)c3ccc4nc(C)ccc4c3)ccc2n1. The van der Waals surface area contributed by atoms with Gasteiger partial charge in [-0.3, -0.25) is 14.8 Å². The van der Waals surface area contributed by atoms with E-state index in [1.54, 1.807) is 0 Å². The Bertz CT molecular complexity index is 1100. The van der Waals surface area contributed by atoms with Crippen molar-refractivity contribution in [3.8, 4) is 0 Å². The summed E-state index contributed by atoms with van der Waals surface area (Å²) in [7, 11) is 0. The van der Waals surface area contributed by atoms with Crippen LogP contribution in [0, 0.1) is 13.8 Å². The van der Waals surface area contributed by atoms with E-state index >= 15 is 0 Å². The molecule has 0 saturated carbocycles. The lowest BCUT2D eigenvalue weighted by Gasteiger charge is -2.18. The number of hydrogen-bond donors (Lipinski definition) is 0. The number of benzene rings is 2. The van der Waals surface area contributed by atoms with E-state index < -0.39 is 0 Å². The Morgan fingerprint density at radius 3 is 1.54 bits per heavy atom. The van der Waals surface area contributed by atoms with Gasteiger partial charge < -0.3 is 0 Å². The van der Waals surface area contributed by atoms with Crippen LogP contribution in [-0.4, -0.2) is 15.8 Å². The van der Waals surface area contributed by atoms with Crippen LogP contribution < -0.4 is 0 Å². The number of fused-ring (bicyclic) bond motifs is 2. The van der Waals surface area contributed by atoms with Crippen molar-refractivity contribution in [2.45, 2.75) is 39.5 Å². The van der Waals surface area contributed by atoms with Crippen molar-refractivity contribution in [2.75, 3.05) is 0 Å². The number of nitrogens with zero attached hydrogens (tertiary/aromatic N) is 2. The number of aryl methyl sites for hydroxylation is 2. The van der Waals surface area contributed by atoms with Gasteiger partial charge in [0, 0.05) is 34.0 Å². The smallest absolute Gasteiger partial charge is 0.147 e. The second-order valence-electron chi connectivity index (χ2n) is 7.66. The molecule has 3 nitrogen and oxygen atoms in total. The van der Waals surface area contributed by atoms with Crippen LogP contribution in [0.5, 0.6) is 0 Å². The van der Waals surface area contributed by atoms with Crippen LogP contribution in [0.1, 0.15) is 48.2 Å². The predicted octanol–water partition coefficient (Wildman–Crippen LogP) is 5.88. The van der Waals surface area contributed by atoms with Crippen molar-refractivity contribution < 1.29 is 4.79 Å². The molecule has 28 heavy (non-hydrogen) atoms. The second kappa shape index (κ2) is 7.16. The molecule has 2 aromatic heterocycles. The zero-order chi connectivity index (χ0) is 19.8. The maximum atomic E-state index is 13.2. The molecule has 0 saturated heterocycles. The fourth-order valence-electron chi connectivity index (χ4n) is 3.73. The van der Waals surface area contributed by atoms with Crippen LogP contribution >= 0.6 is 0 Å². The van der Waals surface area contributed by atoms with Crippen molar-refractivity contribution in [2.24, 2.45) is 0 Å². The van der Waals surface area contributed by atoms with Gasteiger partial charge in [0.25, 0.3) is 0 Å². The normalized spacial score (nSPS) is 13.6. The fraction of sp³-hybridized carbons (Fsp3) is 0.240. The van der Waals surface area contributed by atoms with E-state index in [1.165, 1.54) is 0 Å². The zero-order valence-corrected chi connectivity index (χ0v) is 16.7. The molecule has 0 aliphatic carbocycles. The first kappa shape index (κ1) is 18.3. The van der Waals surface area contributed by atoms with Crippen LogP contribution in [0.15, 0.2) is 60.7 Å². The van der Waals surface area contributed by atoms with E-state index in [4.69, 9.17) is 0 Å². The molecule has 2 heterocycles. The minimum Gasteiger partial charge on any atom is -0.298 e. The van der Waals surface area contributed by atoms with Gasteiger partial charge in [0.2, 0.25) is 0 Å². The molecule has 0 bridgehead atoms. The van der Waals surface area contributed by atoms with Crippen molar-refractivity contribution in [3.63, 3.8) is 0 Å². The van der Waals surface area contributed by atoms with Gasteiger partial charge in [-0.15, -0.1) is 0 Å². The Morgan fingerprint density at radius 2 is 1.11 bits per heavy atom. The Kier molecular flexibility index (Phi) is 4.68.